The number of carbonyl (C=O) groups is 2. The average molecular weight is 500 g/mol. The van der Waals surface area contributed by atoms with E-state index in [2.05, 4.69) is 10.1 Å². The summed E-state index contributed by atoms with van der Waals surface area (Å²) in [7, 11) is 1.35. The van der Waals surface area contributed by atoms with E-state index in [4.69, 9.17) is 27.9 Å². The van der Waals surface area contributed by atoms with E-state index in [0.29, 0.717) is 34.5 Å². The number of phenols is 1. The number of hydrogen-bond acceptors (Lipinski definition) is 5. The monoisotopic (exact) mass is 499 g/mol. The number of halogens is 2. The molecule has 0 saturated heterocycles. The SMILES string of the molecule is COC(=O)C/C=C/c1ccccc1CCOc1ccc(Cl)cc1NC(=O)c1cc(Cl)ccc1O. The van der Waals surface area contributed by atoms with Crippen LogP contribution in [0.4, 0.5) is 5.69 Å². The van der Waals surface area contributed by atoms with Crippen LogP contribution in [0, 0.1) is 0 Å². The van der Waals surface area contributed by atoms with Gasteiger partial charge in [0.1, 0.15) is 11.5 Å². The Morgan fingerprint density at radius 1 is 1.03 bits per heavy atom. The number of anilines is 1. The van der Waals surface area contributed by atoms with E-state index < -0.39 is 5.91 Å². The summed E-state index contributed by atoms with van der Waals surface area (Å²) >= 11 is 12.1. The van der Waals surface area contributed by atoms with E-state index in [1.165, 1.54) is 25.3 Å². The third kappa shape index (κ3) is 7.01. The quantitative estimate of drug-likeness (QED) is 0.345. The van der Waals surface area contributed by atoms with Gasteiger partial charge in [-0.15, -0.1) is 0 Å². The zero-order chi connectivity index (χ0) is 24.5. The van der Waals surface area contributed by atoms with Crippen molar-refractivity contribution in [3.05, 3.63) is 93.5 Å². The standard InChI is InChI=1S/C26H23Cl2NO5/c1-33-25(31)8-4-7-17-5-2-3-6-18(17)13-14-34-24-12-10-20(28)16-22(24)29-26(32)21-15-19(27)9-11-23(21)30/h2-7,9-12,15-16,30H,8,13-14H2,1H3,(H,29,32)/b7-4+. The highest BCUT2D eigenvalue weighted by atomic mass is 35.5. The summed E-state index contributed by atoms with van der Waals surface area (Å²) in [5, 5.41) is 13.5. The van der Waals surface area contributed by atoms with Crippen LogP contribution in [-0.4, -0.2) is 30.7 Å². The lowest BCUT2D eigenvalue weighted by atomic mass is 10.0. The number of rotatable bonds is 9. The molecule has 2 N–H and O–H groups in total. The molecule has 0 bridgehead atoms. The second-order valence-electron chi connectivity index (χ2n) is 7.24. The fourth-order valence-electron chi connectivity index (χ4n) is 3.17. The van der Waals surface area contributed by atoms with Crippen LogP contribution in [0.1, 0.15) is 27.9 Å². The molecule has 3 rings (SSSR count). The molecule has 0 aliphatic heterocycles. The number of amides is 1. The summed E-state index contributed by atoms with van der Waals surface area (Å²) in [5.41, 5.74) is 2.40. The van der Waals surface area contributed by atoms with E-state index >= 15 is 0 Å². The number of ether oxygens (including phenoxy) is 2. The van der Waals surface area contributed by atoms with Crippen molar-refractivity contribution < 1.29 is 24.2 Å². The van der Waals surface area contributed by atoms with Crippen molar-refractivity contribution >= 4 is 46.8 Å². The smallest absolute Gasteiger partial charge is 0.309 e. The van der Waals surface area contributed by atoms with Crippen LogP contribution >= 0.6 is 23.2 Å². The van der Waals surface area contributed by atoms with Crippen molar-refractivity contribution in [2.75, 3.05) is 19.0 Å². The molecule has 0 radical (unpaired) electrons. The van der Waals surface area contributed by atoms with Gasteiger partial charge >= 0.3 is 5.97 Å². The lowest BCUT2D eigenvalue weighted by Gasteiger charge is -2.14. The highest BCUT2D eigenvalue weighted by Crippen LogP contribution is 2.30. The maximum Gasteiger partial charge on any atom is 0.309 e. The zero-order valence-electron chi connectivity index (χ0n) is 18.4. The van der Waals surface area contributed by atoms with E-state index in [1.807, 2.05) is 30.3 Å². The molecule has 0 aromatic heterocycles. The van der Waals surface area contributed by atoms with Crippen molar-refractivity contribution in [2.24, 2.45) is 0 Å². The number of aromatic hydroxyl groups is 1. The van der Waals surface area contributed by atoms with Gasteiger partial charge in [0.2, 0.25) is 0 Å². The first kappa shape index (κ1) is 25.1. The van der Waals surface area contributed by atoms with Crippen LogP contribution in [-0.2, 0) is 16.0 Å². The molecule has 176 valence electrons. The van der Waals surface area contributed by atoms with Gasteiger partial charge in [0, 0.05) is 16.5 Å². The summed E-state index contributed by atoms with van der Waals surface area (Å²) in [6, 6.07) is 16.9. The van der Waals surface area contributed by atoms with Crippen molar-refractivity contribution in [1.82, 2.24) is 0 Å². The van der Waals surface area contributed by atoms with Gasteiger partial charge in [-0.2, -0.15) is 0 Å². The first-order valence-corrected chi connectivity index (χ1v) is 11.2. The molecule has 0 spiro atoms. The molecule has 3 aromatic carbocycles. The maximum atomic E-state index is 12.7. The van der Waals surface area contributed by atoms with Gasteiger partial charge in [-0.1, -0.05) is 59.6 Å². The number of hydrogen-bond donors (Lipinski definition) is 2. The number of benzene rings is 3. The molecular weight excluding hydrogens is 477 g/mol. The highest BCUT2D eigenvalue weighted by Gasteiger charge is 2.15. The third-order valence-electron chi connectivity index (χ3n) is 4.89. The van der Waals surface area contributed by atoms with Crippen molar-refractivity contribution in [1.29, 1.82) is 0 Å². The van der Waals surface area contributed by atoms with Crippen LogP contribution < -0.4 is 10.1 Å². The van der Waals surface area contributed by atoms with Gasteiger partial charge in [0.15, 0.2) is 0 Å². The molecule has 0 aliphatic rings. The Morgan fingerprint density at radius 3 is 2.56 bits per heavy atom. The minimum Gasteiger partial charge on any atom is -0.507 e. The Balaban J connectivity index is 1.69. The summed E-state index contributed by atoms with van der Waals surface area (Å²) in [6.45, 7) is 0.328. The van der Waals surface area contributed by atoms with Crippen LogP contribution in [0.5, 0.6) is 11.5 Å². The molecule has 34 heavy (non-hydrogen) atoms. The summed E-state index contributed by atoms with van der Waals surface area (Å²) < 4.78 is 10.6. The van der Waals surface area contributed by atoms with Crippen LogP contribution in [0.2, 0.25) is 10.0 Å². The number of carbonyl (C=O) groups excluding carboxylic acids is 2. The second-order valence-corrected chi connectivity index (χ2v) is 8.11. The van der Waals surface area contributed by atoms with Crippen LogP contribution in [0.25, 0.3) is 6.08 Å². The largest absolute Gasteiger partial charge is 0.507 e. The molecule has 0 aliphatic carbocycles. The van der Waals surface area contributed by atoms with E-state index in [1.54, 1.807) is 24.3 Å². The lowest BCUT2D eigenvalue weighted by Crippen LogP contribution is -2.14. The minimum atomic E-state index is -0.548. The molecule has 0 atom stereocenters. The Kier molecular flexibility index (Phi) is 8.96. The van der Waals surface area contributed by atoms with Crippen molar-refractivity contribution in [2.45, 2.75) is 12.8 Å². The van der Waals surface area contributed by atoms with Gasteiger partial charge in [-0.25, -0.2) is 0 Å². The molecular formula is C26H23Cl2NO5. The van der Waals surface area contributed by atoms with Gasteiger partial charge in [-0.05, 0) is 47.5 Å². The van der Waals surface area contributed by atoms with Gasteiger partial charge in [0.05, 0.1) is 31.4 Å². The van der Waals surface area contributed by atoms with E-state index in [9.17, 15) is 14.7 Å². The molecule has 6 nitrogen and oxygen atoms in total. The highest BCUT2D eigenvalue weighted by molar-refractivity contribution is 6.31. The molecule has 0 saturated carbocycles. The fraction of sp³-hybridized carbons (Fsp3) is 0.154. The normalized spacial score (nSPS) is 10.8. The lowest BCUT2D eigenvalue weighted by molar-refractivity contribution is -0.139. The average Bonchev–Trinajstić information content (AvgIpc) is 2.82. The number of phenolic OH excluding ortho intramolecular Hbond substituents is 1. The molecule has 3 aromatic rings. The minimum absolute atomic E-state index is 0.0334. The summed E-state index contributed by atoms with van der Waals surface area (Å²) in [4.78, 5) is 24.0. The van der Waals surface area contributed by atoms with Gasteiger partial charge < -0.3 is 19.9 Å². The first-order chi connectivity index (χ1) is 16.4. The van der Waals surface area contributed by atoms with E-state index in [-0.39, 0.29) is 23.7 Å². The molecule has 1 amide bonds. The number of methoxy groups -OCH3 is 1. The first-order valence-electron chi connectivity index (χ1n) is 10.4. The summed E-state index contributed by atoms with van der Waals surface area (Å²) in [5.74, 6) is -0.616. The zero-order valence-corrected chi connectivity index (χ0v) is 19.9. The molecule has 0 unspecified atom stereocenters. The second kappa shape index (κ2) is 12.1. The van der Waals surface area contributed by atoms with Crippen molar-refractivity contribution in [3.8, 4) is 11.5 Å². The van der Waals surface area contributed by atoms with Crippen LogP contribution in [0.3, 0.4) is 0 Å². The Morgan fingerprint density at radius 2 is 1.76 bits per heavy atom. The van der Waals surface area contributed by atoms with E-state index in [0.717, 1.165) is 11.1 Å². The van der Waals surface area contributed by atoms with Gasteiger partial charge in [0.25, 0.3) is 5.91 Å². The summed E-state index contributed by atoms with van der Waals surface area (Å²) in [6.07, 6.45) is 4.41. The maximum absolute atomic E-state index is 12.7. The fourth-order valence-corrected chi connectivity index (χ4v) is 3.51. The predicted octanol–water partition coefficient (Wildman–Crippen LogP) is 6.15. The topological polar surface area (TPSA) is 84.9 Å². The molecule has 0 heterocycles. The molecule has 8 heteroatoms. The van der Waals surface area contributed by atoms with Crippen molar-refractivity contribution in [3.63, 3.8) is 0 Å². The van der Waals surface area contributed by atoms with Gasteiger partial charge in [-0.3, -0.25) is 9.59 Å². The Hall–Kier alpha value is -3.48. The number of esters is 1. The number of nitrogens with one attached hydrogen (secondary N) is 1. The Labute approximate surface area is 207 Å². The predicted molar refractivity (Wildman–Crippen MR) is 134 cm³/mol. The third-order valence-corrected chi connectivity index (χ3v) is 5.36. The molecule has 0 fully saturated rings. The van der Waals surface area contributed by atoms with Crippen LogP contribution in [0.15, 0.2) is 66.7 Å². The Bertz CT molecular complexity index is 1210.